The van der Waals surface area contributed by atoms with Crippen molar-refractivity contribution in [2.45, 2.75) is 32.4 Å². The van der Waals surface area contributed by atoms with Crippen LogP contribution in [0.5, 0.6) is 0 Å². The molecule has 0 radical (unpaired) electrons. The Morgan fingerprint density at radius 3 is 2.74 bits per heavy atom. The first-order valence-electron chi connectivity index (χ1n) is 6.65. The fourth-order valence-electron chi connectivity index (χ4n) is 2.81. The fraction of sp³-hybridized carbons (Fsp3) is 0.571. The van der Waals surface area contributed by atoms with Crippen LogP contribution in [0.3, 0.4) is 0 Å². The Hall–Kier alpha value is -0.350. The Labute approximate surface area is 123 Å². The quantitative estimate of drug-likeness (QED) is 0.849. The fourth-order valence-corrected chi connectivity index (χ4v) is 3.35. The van der Waals surface area contributed by atoms with E-state index >= 15 is 0 Å². The second-order valence-electron chi connectivity index (χ2n) is 4.94. The molecule has 2 unspecified atom stereocenters. The van der Waals surface area contributed by atoms with Crippen LogP contribution in [-0.2, 0) is 0 Å². The Morgan fingerprint density at radius 1 is 1.42 bits per heavy atom. The van der Waals surface area contributed by atoms with E-state index in [1.54, 1.807) is 0 Å². The second kappa shape index (κ2) is 6.40. The van der Waals surface area contributed by atoms with Gasteiger partial charge in [-0.25, -0.2) is 4.39 Å². The molecule has 2 atom stereocenters. The van der Waals surface area contributed by atoms with E-state index in [0.29, 0.717) is 11.1 Å². The van der Waals surface area contributed by atoms with Crippen molar-refractivity contribution in [3.8, 4) is 0 Å². The average molecular weight is 305 g/mol. The molecule has 1 aromatic carbocycles. The minimum atomic E-state index is -0.409. The van der Waals surface area contributed by atoms with E-state index in [1.165, 1.54) is 12.1 Å². The summed E-state index contributed by atoms with van der Waals surface area (Å²) in [6.07, 6.45) is 1.12. The molecule has 0 bridgehead atoms. The van der Waals surface area contributed by atoms with Crippen LogP contribution in [0.4, 0.5) is 4.39 Å². The molecule has 1 N–H and O–H groups in total. The van der Waals surface area contributed by atoms with Gasteiger partial charge in [-0.05, 0) is 44.1 Å². The summed E-state index contributed by atoms with van der Waals surface area (Å²) in [7, 11) is 0. The van der Waals surface area contributed by atoms with Crippen LogP contribution in [0.2, 0.25) is 10.0 Å². The molecule has 1 aliphatic heterocycles. The lowest BCUT2D eigenvalue weighted by Crippen LogP contribution is -2.38. The van der Waals surface area contributed by atoms with Crippen LogP contribution < -0.4 is 5.32 Å². The van der Waals surface area contributed by atoms with Crippen molar-refractivity contribution in [2.24, 2.45) is 0 Å². The number of hydrogen-bond donors (Lipinski definition) is 1. The molecule has 1 heterocycles. The zero-order valence-electron chi connectivity index (χ0n) is 11.2. The minimum absolute atomic E-state index is 0.0755. The van der Waals surface area contributed by atoms with Crippen LogP contribution in [0.15, 0.2) is 12.1 Å². The third-order valence-corrected chi connectivity index (χ3v) is 4.47. The van der Waals surface area contributed by atoms with Gasteiger partial charge in [0.25, 0.3) is 0 Å². The number of halogens is 3. The highest BCUT2D eigenvalue weighted by Crippen LogP contribution is 2.33. The van der Waals surface area contributed by atoms with Crippen molar-refractivity contribution in [1.29, 1.82) is 0 Å². The van der Waals surface area contributed by atoms with E-state index in [2.05, 4.69) is 24.1 Å². The van der Waals surface area contributed by atoms with Gasteiger partial charge in [0.05, 0.1) is 5.02 Å². The van der Waals surface area contributed by atoms with E-state index in [9.17, 15) is 4.39 Å². The summed E-state index contributed by atoms with van der Waals surface area (Å²) in [5.74, 6) is -0.409. The van der Waals surface area contributed by atoms with Gasteiger partial charge in [0, 0.05) is 23.7 Å². The van der Waals surface area contributed by atoms with Crippen molar-refractivity contribution < 1.29 is 4.39 Å². The van der Waals surface area contributed by atoms with Crippen LogP contribution in [0, 0.1) is 5.82 Å². The molecule has 1 aliphatic rings. The molecule has 2 rings (SSSR count). The Balaban J connectivity index is 2.26. The lowest BCUT2D eigenvalue weighted by molar-refractivity contribution is 0.162. The largest absolute Gasteiger partial charge is 0.315 e. The molecule has 2 nitrogen and oxygen atoms in total. The van der Waals surface area contributed by atoms with Gasteiger partial charge in [-0.15, -0.1) is 0 Å². The normalized spacial score (nSPS) is 21.1. The predicted molar refractivity (Wildman–Crippen MR) is 78.5 cm³/mol. The summed E-state index contributed by atoms with van der Waals surface area (Å²) in [5, 5.41) is 3.97. The molecule has 0 spiro atoms. The predicted octanol–water partition coefficient (Wildman–Crippen LogP) is 3.88. The van der Waals surface area contributed by atoms with Crippen molar-refractivity contribution in [1.82, 2.24) is 10.2 Å². The Kier molecular flexibility index (Phi) is 5.07. The summed E-state index contributed by atoms with van der Waals surface area (Å²) in [6.45, 7) is 7.11. The van der Waals surface area contributed by atoms with Crippen LogP contribution in [0.25, 0.3) is 0 Å². The number of nitrogens with one attached hydrogen (secondary N) is 1. The van der Waals surface area contributed by atoms with Gasteiger partial charge in [0.15, 0.2) is 0 Å². The Morgan fingerprint density at radius 2 is 2.16 bits per heavy atom. The second-order valence-corrected chi connectivity index (χ2v) is 5.76. The molecule has 0 saturated carbocycles. The number of likely N-dealkylation sites (N-methyl/N-ethyl adjacent to an activating group) is 1. The summed E-state index contributed by atoms with van der Waals surface area (Å²) in [5.41, 5.74) is 0.803. The number of nitrogens with zero attached hydrogens (tertiary/aromatic N) is 1. The van der Waals surface area contributed by atoms with E-state index in [1.807, 2.05) is 0 Å². The van der Waals surface area contributed by atoms with Crippen molar-refractivity contribution in [2.75, 3.05) is 19.6 Å². The first-order valence-corrected chi connectivity index (χ1v) is 7.41. The average Bonchev–Trinajstić information content (AvgIpc) is 2.88. The third-order valence-electron chi connectivity index (χ3n) is 3.86. The topological polar surface area (TPSA) is 15.3 Å². The first kappa shape index (κ1) is 15.0. The van der Waals surface area contributed by atoms with Gasteiger partial charge in [-0.2, -0.15) is 0 Å². The summed E-state index contributed by atoms with van der Waals surface area (Å²) in [4.78, 5) is 2.36. The summed E-state index contributed by atoms with van der Waals surface area (Å²) >= 11 is 12.0. The SMILES string of the molecule is CCN(C1CCNC1)C(C)c1cc(F)c(Cl)cc1Cl. The highest BCUT2D eigenvalue weighted by atomic mass is 35.5. The molecule has 0 aliphatic carbocycles. The highest BCUT2D eigenvalue weighted by Gasteiger charge is 2.27. The number of hydrogen-bond acceptors (Lipinski definition) is 2. The van der Waals surface area contributed by atoms with Crippen LogP contribution in [0.1, 0.15) is 31.9 Å². The van der Waals surface area contributed by atoms with Crippen molar-refractivity contribution in [3.63, 3.8) is 0 Å². The van der Waals surface area contributed by atoms with Crippen molar-refractivity contribution >= 4 is 23.2 Å². The van der Waals surface area contributed by atoms with Crippen molar-refractivity contribution in [3.05, 3.63) is 33.6 Å². The molecule has 106 valence electrons. The zero-order chi connectivity index (χ0) is 14.0. The van der Waals surface area contributed by atoms with Gasteiger partial charge in [0.1, 0.15) is 5.82 Å². The van der Waals surface area contributed by atoms with Gasteiger partial charge in [-0.1, -0.05) is 30.1 Å². The monoisotopic (exact) mass is 304 g/mol. The molecule has 1 aromatic rings. The number of rotatable bonds is 4. The van der Waals surface area contributed by atoms with Gasteiger partial charge in [-0.3, -0.25) is 4.90 Å². The zero-order valence-corrected chi connectivity index (χ0v) is 12.7. The van der Waals surface area contributed by atoms with E-state index in [0.717, 1.165) is 31.6 Å². The van der Waals surface area contributed by atoms with Crippen LogP contribution >= 0.6 is 23.2 Å². The lowest BCUT2D eigenvalue weighted by atomic mass is 10.0. The minimum Gasteiger partial charge on any atom is -0.315 e. The highest BCUT2D eigenvalue weighted by molar-refractivity contribution is 6.35. The maximum absolute atomic E-state index is 13.6. The van der Waals surface area contributed by atoms with E-state index in [4.69, 9.17) is 23.2 Å². The molecule has 1 fully saturated rings. The number of benzene rings is 1. The molecule has 5 heteroatoms. The van der Waals surface area contributed by atoms with Gasteiger partial charge < -0.3 is 5.32 Å². The molecule has 0 amide bonds. The maximum Gasteiger partial charge on any atom is 0.142 e. The smallest absolute Gasteiger partial charge is 0.142 e. The summed E-state index contributed by atoms with van der Waals surface area (Å²) < 4.78 is 13.6. The van der Waals surface area contributed by atoms with Crippen LogP contribution in [-0.4, -0.2) is 30.6 Å². The molecule has 19 heavy (non-hydrogen) atoms. The first-order chi connectivity index (χ1) is 9.04. The molecular weight excluding hydrogens is 286 g/mol. The standard InChI is InChI=1S/C14H19Cl2FN2/c1-3-19(10-4-5-18-8-10)9(2)11-6-14(17)13(16)7-12(11)15/h6-7,9-10,18H,3-5,8H2,1-2H3. The van der Waals surface area contributed by atoms with E-state index in [-0.39, 0.29) is 11.1 Å². The lowest BCUT2D eigenvalue weighted by Gasteiger charge is -2.33. The van der Waals surface area contributed by atoms with Gasteiger partial charge in [0.2, 0.25) is 0 Å². The molecule has 0 aromatic heterocycles. The summed E-state index contributed by atoms with van der Waals surface area (Å²) in [6, 6.07) is 3.51. The maximum atomic E-state index is 13.6. The Bertz CT molecular complexity index is 447. The van der Waals surface area contributed by atoms with Gasteiger partial charge >= 0.3 is 0 Å². The third kappa shape index (κ3) is 3.22. The van der Waals surface area contributed by atoms with E-state index < -0.39 is 5.82 Å². The molecule has 1 saturated heterocycles. The molecular formula is C14H19Cl2FN2.